The average Bonchev–Trinajstić information content (AvgIpc) is 1.12. The zero-order valence-electron chi connectivity index (χ0n) is 4.14. The van der Waals surface area contributed by atoms with Crippen molar-refractivity contribution < 1.29 is 58.1 Å². The standard InChI is InChI=1S/2Al.2K.2Mn.3H2O.5O.8H/h;;;;;;3*1H2;;;;;;;;;;;;;/q;;;;+1;+2;;;;;;;;;;;;;;;;/p-3. The van der Waals surface area contributed by atoms with Crippen LogP contribution in [-0.4, -0.2) is 150 Å². The Morgan fingerprint density at radius 1 is 0.643 bits per heavy atom. The van der Waals surface area contributed by atoms with Crippen LogP contribution >= 0.6 is 0 Å². The molecule has 14 heteroatoms. The predicted octanol–water partition coefficient (Wildman–Crippen LogP) is -5.93. The fraction of sp³-hybridized carbons (Fsp3) is 0. The SMILES string of the molecule is [AlH3].[AlH3].[KH].[KH].[O]=[Mn](=[O])(=[O])[OH].[O]=[Mn](=[O])([OH])[OH]. The zero-order chi connectivity index (χ0) is 9.00. The first kappa shape index (κ1) is 36.2. The van der Waals surface area contributed by atoms with Crippen LogP contribution in [0.15, 0.2) is 0 Å². The van der Waals surface area contributed by atoms with Crippen molar-refractivity contribution in [2.45, 2.75) is 0 Å². The van der Waals surface area contributed by atoms with Gasteiger partial charge in [0.05, 0.1) is 0 Å². The molecule has 8 nitrogen and oxygen atoms in total. The van der Waals surface area contributed by atoms with E-state index in [1.165, 1.54) is 0 Å². The molecule has 0 heterocycles. The number of rotatable bonds is 0. The second-order valence-electron chi connectivity index (χ2n) is 0.811. The Hall–Kier alpha value is 4.26. The van der Waals surface area contributed by atoms with Gasteiger partial charge in [0, 0.05) is 0 Å². The Morgan fingerprint density at radius 3 is 0.643 bits per heavy atom. The Balaban J connectivity index is -0.0000000178. The molecule has 81 valence electrons. The maximum absolute atomic E-state index is 8.80. The molecule has 0 spiro atoms. The molecular weight excluding hydrogens is 370 g/mol. The first-order chi connectivity index (χ1) is 4.00. The van der Waals surface area contributed by atoms with Gasteiger partial charge in [-0.3, -0.25) is 0 Å². The summed E-state index contributed by atoms with van der Waals surface area (Å²) in [4.78, 5) is 0. The monoisotopic (exact) mass is 381 g/mol. The topological polar surface area (TPSA) is 146 Å². The molecule has 0 radical (unpaired) electrons. The molecule has 0 aromatic rings. The van der Waals surface area contributed by atoms with E-state index in [2.05, 4.69) is 0 Å². The fourth-order valence-electron chi connectivity index (χ4n) is 0. The molecule has 0 aliphatic carbocycles. The van der Waals surface area contributed by atoms with Crippen molar-refractivity contribution in [2.24, 2.45) is 0 Å². The van der Waals surface area contributed by atoms with Crippen molar-refractivity contribution in [3.8, 4) is 0 Å². The van der Waals surface area contributed by atoms with Crippen LogP contribution in [0.2, 0.25) is 0 Å². The predicted molar refractivity (Wildman–Crippen MR) is 44.3 cm³/mol. The minimum atomic E-state index is -5.38. The van der Waals surface area contributed by atoms with E-state index in [1.807, 2.05) is 0 Å². The Labute approximate surface area is 190 Å². The van der Waals surface area contributed by atoms with Gasteiger partial charge in [-0.15, -0.1) is 0 Å². The molecule has 0 aliphatic heterocycles. The van der Waals surface area contributed by atoms with E-state index < -0.39 is 26.3 Å². The van der Waals surface area contributed by atoms with Gasteiger partial charge in [-0.2, -0.15) is 0 Å². The summed E-state index contributed by atoms with van der Waals surface area (Å²) in [5.74, 6) is 0. The van der Waals surface area contributed by atoms with Gasteiger partial charge in [0.1, 0.15) is 0 Å². The Morgan fingerprint density at radius 2 is 0.643 bits per heavy atom. The second-order valence-corrected chi connectivity index (χ2v) is 3.34. The summed E-state index contributed by atoms with van der Waals surface area (Å²) in [7, 11) is 0. The first-order valence-corrected chi connectivity index (χ1v) is 5.27. The molecule has 0 aliphatic rings. The Kier molecular flexibility index (Phi) is 44.6. The van der Waals surface area contributed by atoms with Crippen LogP contribution in [0.5, 0.6) is 0 Å². The van der Waals surface area contributed by atoms with E-state index in [1.54, 1.807) is 0 Å². The molecule has 0 atom stereocenters. The molecule has 0 saturated carbocycles. The second kappa shape index (κ2) is 17.3. The zero-order valence-corrected chi connectivity index (χ0v) is 6.50. The summed E-state index contributed by atoms with van der Waals surface area (Å²) >= 11 is -10.5. The summed E-state index contributed by atoms with van der Waals surface area (Å²) in [6.45, 7) is 0. The molecule has 0 saturated heterocycles. The van der Waals surface area contributed by atoms with Crippen molar-refractivity contribution in [2.75, 3.05) is 0 Å². The molecule has 0 aromatic carbocycles. The summed E-state index contributed by atoms with van der Waals surface area (Å²) in [6, 6.07) is 0. The van der Waals surface area contributed by atoms with E-state index in [0.717, 1.165) is 0 Å². The van der Waals surface area contributed by atoms with Crippen LogP contribution in [0, 0.1) is 0 Å². The third-order valence-electron chi connectivity index (χ3n) is 0. The number of hydrogen-bond donors (Lipinski definition) is 3. The molecular formula is H11Al2K2Mn2O8. The van der Waals surface area contributed by atoms with Gasteiger partial charge in [0.2, 0.25) is 0 Å². The molecule has 0 aromatic heterocycles. The van der Waals surface area contributed by atoms with Gasteiger partial charge in [-0.1, -0.05) is 0 Å². The summed E-state index contributed by atoms with van der Waals surface area (Å²) in [5.41, 5.74) is 0. The van der Waals surface area contributed by atoms with E-state index in [-0.39, 0.29) is 137 Å². The van der Waals surface area contributed by atoms with Gasteiger partial charge < -0.3 is 0 Å². The van der Waals surface area contributed by atoms with Crippen LogP contribution < -0.4 is 0 Å². The molecule has 0 rings (SSSR count). The van der Waals surface area contributed by atoms with Crippen LogP contribution in [0.3, 0.4) is 0 Å². The van der Waals surface area contributed by atoms with E-state index in [0.29, 0.717) is 0 Å². The van der Waals surface area contributed by atoms with Crippen molar-refractivity contribution in [1.82, 2.24) is 0 Å². The number of hydrogen-bond acceptors (Lipinski definition) is 5. The normalized spacial score (nSPS) is 8.21. The van der Waals surface area contributed by atoms with Crippen molar-refractivity contribution in [3.63, 3.8) is 0 Å². The molecule has 3 N–H and O–H groups in total. The van der Waals surface area contributed by atoms with Crippen LogP contribution in [0.25, 0.3) is 0 Å². The maximum atomic E-state index is 8.80. The van der Waals surface area contributed by atoms with Crippen LogP contribution in [-0.2, 0) is 45.5 Å². The van der Waals surface area contributed by atoms with Crippen LogP contribution in [0.4, 0.5) is 0 Å². The fourth-order valence-corrected chi connectivity index (χ4v) is 0. The summed E-state index contributed by atoms with van der Waals surface area (Å²) in [5, 5.41) is 0. The average molecular weight is 381 g/mol. The van der Waals surface area contributed by atoms with E-state index in [4.69, 9.17) is 31.7 Å². The van der Waals surface area contributed by atoms with Crippen molar-refractivity contribution in [3.05, 3.63) is 0 Å². The van der Waals surface area contributed by atoms with Crippen LogP contribution in [0.1, 0.15) is 0 Å². The van der Waals surface area contributed by atoms with Gasteiger partial charge in [0.25, 0.3) is 0 Å². The van der Waals surface area contributed by atoms with E-state index in [9.17, 15) is 0 Å². The molecule has 0 bridgehead atoms. The Bertz CT molecular complexity index is 298. The van der Waals surface area contributed by atoms with Crippen molar-refractivity contribution >= 4 is 137 Å². The first-order valence-electron chi connectivity index (χ1n) is 1.28. The van der Waals surface area contributed by atoms with Gasteiger partial charge in [-0.25, -0.2) is 0 Å². The third-order valence-corrected chi connectivity index (χ3v) is 0. The van der Waals surface area contributed by atoms with Crippen molar-refractivity contribution in [1.29, 1.82) is 0 Å². The quantitative estimate of drug-likeness (QED) is 0.352. The summed E-state index contributed by atoms with van der Waals surface area (Å²) in [6.07, 6.45) is 0. The van der Waals surface area contributed by atoms with Gasteiger partial charge in [0.15, 0.2) is 34.7 Å². The van der Waals surface area contributed by atoms with Gasteiger partial charge >= 0.3 is 161 Å². The minimum absolute atomic E-state index is 0. The molecule has 0 amide bonds. The molecule has 0 unspecified atom stereocenters. The molecule has 0 fully saturated rings. The summed E-state index contributed by atoms with van der Waals surface area (Å²) < 4.78 is 64.9. The third kappa shape index (κ3) is 209. The van der Waals surface area contributed by atoms with E-state index >= 15 is 0 Å². The van der Waals surface area contributed by atoms with Gasteiger partial charge in [-0.05, 0) is 0 Å². The molecule has 14 heavy (non-hydrogen) atoms.